The molecule has 0 saturated carbocycles. The lowest BCUT2D eigenvalue weighted by Gasteiger charge is -1.96. The van der Waals surface area contributed by atoms with Crippen LogP contribution in [-0.4, -0.2) is 25.7 Å². The van der Waals surface area contributed by atoms with Gasteiger partial charge in [-0.3, -0.25) is 4.40 Å². The van der Waals surface area contributed by atoms with Crippen LogP contribution in [0.4, 0.5) is 5.95 Å². The first kappa shape index (κ1) is 7.53. The van der Waals surface area contributed by atoms with Gasteiger partial charge in [0.05, 0.1) is 0 Å². The van der Waals surface area contributed by atoms with Gasteiger partial charge in [-0.15, -0.1) is 10.2 Å². The number of nitrogen functional groups attached to an aromatic ring is 1. The molecule has 0 aliphatic carbocycles. The Kier molecular flexibility index (Phi) is 1.42. The normalized spacial score (nSPS) is 10.5. The van der Waals surface area contributed by atoms with E-state index in [0.717, 1.165) is 0 Å². The summed E-state index contributed by atoms with van der Waals surface area (Å²) in [5.74, 6) is -0.865. The van der Waals surface area contributed by atoms with Crippen molar-refractivity contribution < 1.29 is 9.90 Å². The molecule has 13 heavy (non-hydrogen) atoms. The first-order valence-electron chi connectivity index (χ1n) is 3.52. The molecule has 0 fully saturated rings. The minimum absolute atomic E-state index is 0.0895. The average Bonchev–Trinajstić information content (AvgIpc) is 2.48. The van der Waals surface area contributed by atoms with Gasteiger partial charge in [-0.1, -0.05) is 0 Å². The number of nitrogens with two attached hydrogens (primary N) is 1. The number of pyridine rings is 1. The number of rotatable bonds is 1. The average molecular weight is 178 g/mol. The molecule has 0 aromatic carbocycles. The fraction of sp³-hybridized carbons (Fsp3) is 0. The van der Waals surface area contributed by atoms with E-state index in [2.05, 4.69) is 10.2 Å². The number of nitrogens with zero attached hydrogens (tertiary/aromatic N) is 3. The predicted octanol–water partition coefficient (Wildman–Crippen LogP) is 0.00970. The van der Waals surface area contributed by atoms with Crippen LogP contribution < -0.4 is 5.73 Å². The van der Waals surface area contributed by atoms with Gasteiger partial charge in [0.25, 0.3) is 0 Å². The van der Waals surface area contributed by atoms with Crippen molar-refractivity contribution in [2.75, 3.05) is 5.73 Å². The van der Waals surface area contributed by atoms with Crippen molar-refractivity contribution in [3.05, 3.63) is 23.9 Å². The molecule has 2 rings (SSSR count). The third-order valence-electron chi connectivity index (χ3n) is 1.69. The number of hydrogen-bond donors (Lipinski definition) is 2. The van der Waals surface area contributed by atoms with Crippen molar-refractivity contribution in [3.8, 4) is 0 Å². The molecule has 0 bridgehead atoms. The van der Waals surface area contributed by atoms with Crippen LogP contribution in [0.1, 0.15) is 10.4 Å². The molecule has 0 atom stereocenters. The molecule has 0 amide bonds. The smallest absolute Gasteiger partial charge is 0.339 e. The van der Waals surface area contributed by atoms with Crippen molar-refractivity contribution in [2.24, 2.45) is 0 Å². The van der Waals surface area contributed by atoms with Gasteiger partial charge in [-0.25, -0.2) is 4.79 Å². The van der Waals surface area contributed by atoms with Gasteiger partial charge in [-0.2, -0.15) is 0 Å². The largest absolute Gasteiger partial charge is 0.478 e. The lowest BCUT2D eigenvalue weighted by Crippen LogP contribution is -2.01. The van der Waals surface area contributed by atoms with Crippen LogP contribution in [0.25, 0.3) is 5.65 Å². The van der Waals surface area contributed by atoms with Gasteiger partial charge < -0.3 is 10.8 Å². The van der Waals surface area contributed by atoms with Crippen LogP contribution in [0.15, 0.2) is 18.3 Å². The van der Waals surface area contributed by atoms with E-state index in [1.165, 1.54) is 10.5 Å². The second kappa shape index (κ2) is 2.44. The molecule has 3 N–H and O–H groups in total. The number of carboxylic acids is 1. The Morgan fingerprint density at radius 2 is 2.31 bits per heavy atom. The van der Waals surface area contributed by atoms with Crippen molar-refractivity contribution in [1.29, 1.82) is 0 Å². The third kappa shape index (κ3) is 0.994. The molecule has 0 aliphatic heterocycles. The summed E-state index contributed by atoms with van der Waals surface area (Å²) in [6, 6.07) is 3.03. The van der Waals surface area contributed by atoms with Gasteiger partial charge in [0.2, 0.25) is 5.95 Å². The van der Waals surface area contributed by atoms with E-state index >= 15 is 0 Å². The second-order valence-corrected chi connectivity index (χ2v) is 2.48. The van der Waals surface area contributed by atoms with E-state index in [9.17, 15) is 4.79 Å². The maximum Gasteiger partial charge on any atom is 0.339 e. The highest BCUT2D eigenvalue weighted by atomic mass is 16.4. The van der Waals surface area contributed by atoms with Crippen molar-refractivity contribution in [3.63, 3.8) is 0 Å². The van der Waals surface area contributed by atoms with Crippen LogP contribution in [0.2, 0.25) is 0 Å². The van der Waals surface area contributed by atoms with Crippen molar-refractivity contribution in [1.82, 2.24) is 14.6 Å². The number of carbonyl (C=O) groups is 1. The summed E-state index contributed by atoms with van der Waals surface area (Å²) >= 11 is 0. The van der Waals surface area contributed by atoms with E-state index in [4.69, 9.17) is 10.8 Å². The Balaban J connectivity index is 2.84. The third-order valence-corrected chi connectivity index (χ3v) is 1.69. The second-order valence-electron chi connectivity index (χ2n) is 2.48. The van der Waals surface area contributed by atoms with E-state index < -0.39 is 5.97 Å². The molecule has 2 aromatic heterocycles. The zero-order valence-corrected chi connectivity index (χ0v) is 6.51. The zero-order valence-electron chi connectivity index (χ0n) is 6.51. The Labute approximate surface area is 72.6 Å². The first-order chi connectivity index (χ1) is 6.20. The standard InChI is InChI=1S/C7H6N4O2/c8-7-10-9-5-4(6(12)13)2-1-3-11(5)7/h1-3H,(H2,8,10)(H,12,13). The molecule has 0 spiro atoms. The van der Waals surface area contributed by atoms with E-state index in [1.54, 1.807) is 12.3 Å². The summed E-state index contributed by atoms with van der Waals surface area (Å²) in [5.41, 5.74) is 5.79. The lowest BCUT2D eigenvalue weighted by molar-refractivity contribution is 0.0698. The summed E-state index contributed by atoms with van der Waals surface area (Å²) in [7, 11) is 0. The van der Waals surface area contributed by atoms with Crippen molar-refractivity contribution in [2.45, 2.75) is 0 Å². The highest BCUT2D eigenvalue weighted by Crippen LogP contribution is 2.10. The summed E-state index contributed by atoms with van der Waals surface area (Å²) in [6.07, 6.45) is 1.61. The Morgan fingerprint density at radius 1 is 1.54 bits per heavy atom. The van der Waals surface area contributed by atoms with Gasteiger partial charge in [-0.05, 0) is 12.1 Å². The molecule has 0 aliphatic rings. The molecule has 66 valence electrons. The molecule has 0 unspecified atom stereocenters. The van der Waals surface area contributed by atoms with E-state index in [-0.39, 0.29) is 17.2 Å². The van der Waals surface area contributed by atoms with Crippen LogP contribution in [0.3, 0.4) is 0 Å². The molecular formula is C7H6N4O2. The summed E-state index contributed by atoms with van der Waals surface area (Å²) < 4.78 is 1.42. The van der Waals surface area contributed by atoms with Crippen LogP contribution >= 0.6 is 0 Å². The SMILES string of the molecule is Nc1nnc2c(C(=O)O)cccn12. The maximum atomic E-state index is 10.7. The molecule has 0 saturated heterocycles. The van der Waals surface area contributed by atoms with E-state index in [0.29, 0.717) is 0 Å². The number of carboxylic acid groups (broad SMARTS) is 1. The first-order valence-corrected chi connectivity index (χ1v) is 3.52. The number of aromatic carboxylic acids is 1. The molecular weight excluding hydrogens is 172 g/mol. The van der Waals surface area contributed by atoms with Crippen LogP contribution in [0, 0.1) is 0 Å². The number of fused-ring (bicyclic) bond motifs is 1. The number of anilines is 1. The summed E-state index contributed by atoms with van der Waals surface area (Å²) in [4.78, 5) is 10.7. The summed E-state index contributed by atoms with van der Waals surface area (Å²) in [5, 5.41) is 16.0. The molecule has 6 nitrogen and oxygen atoms in total. The monoisotopic (exact) mass is 178 g/mol. The van der Waals surface area contributed by atoms with E-state index in [1.807, 2.05) is 0 Å². The zero-order chi connectivity index (χ0) is 9.42. The minimum atomic E-state index is -1.04. The Bertz CT molecular complexity index is 476. The fourth-order valence-corrected chi connectivity index (χ4v) is 1.10. The number of hydrogen-bond acceptors (Lipinski definition) is 4. The minimum Gasteiger partial charge on any atom is -0.478 e. The van der Waals surface area contributed by atoms with Gasteiger partial charge in [0, 0.05) is 6.20 Å². The molecule has 6 heteroatoms. The van der Waals surface area contributed by atoms with Gasteiger partial charge in [0.15, 0.2) is 5.65 Å². The Morgan fingerprint density at radius 3 is 3.00 bits per heavy atom. The van der Waals surface area contributed by atoms with Crippen LogP contribution in [-0.2, 0) is 0 Å². The maximum absolute atomic E-state index is 10.7. The van der Waals surface area contributed by atoms with Crippen LogP contribution in [0.5, 0.6) is 0 Å². The van der Waals surface area contributed by atoms with Gasteiger partial charge in [0.1, 0.15) is 5.56 Å². The quantitative estimate of drug-likeness (QED) is 0.641. The van der Waals surface area contributed by atoms with Crippen molar-refractivity contribution >= 4 is 17.6 Å². The number of aromatic nitrogens is 3. The fourth-order valence-electron chi connectivity index (χ4n) is 1.10. The molecule has 0 radical (unpaired) electrons. The highest BCUT2D eigenvalue weighted by molar-refractivity contribution is 5.94. The van der Waals surface area contributed by atoms with Gasteiger partial charge >= 0.3 is 5.97 Å². The molecule has 2 aromatic rings. The lowest BCUT2D eigenvalue weighted by atomic mass is 10.3. The highest BCUT2D eigenvalue weighted by Gasteiger charge is 2.11. The molecule has 2 heterocycles. The Hall–Kier alpha value is -2.11. The predicted molar refractivity (Wildman–Crippen MR) is 44.4 cm³/mol. The topological polar surface area (TPSA) is 93.5 Å². The summed E-state index contributed by atoms with van der Waals surface area (Å²) in [6.45, 7) is 0.